The van der Waals surface area contributed by atoms with Gasteiger partial charge >= 0.3 is 0 Å². The van der Waals surface area contributed by atoms with Crippen LogP contribution in [0, 0.1) is 0 Å². The summed E-state index contributed by atoms with van der Waals surface area (Å²) >= 11 is 6.13. The van der Waals surface area contributed by atoms with Crippen molar-refractivity contribution in [2.75, 3.05) is 6.54 Å². The van der Waals surface area contributed by atoms with Crippen LogP contribution in [-0.4, -0.2) is 22.4 Å². The summed E-state index contributed by atoms with van der Waals surface area (Å²) in [6, 6.07) is 1.77. The fraction of sp³-hybridized carbons (Fsp3) is 0.231. The first-order valence-corrected chi connectivity index (χ1v) is 6.09. The van der Waals surface area contributed by atoms with Crippen molar-refractivity contribution in [1.82, 2.24) is 15.3 Å². The Hall–Kier alpha value is -1.81. The van der Waals surface area contributed by atoms with Gasteiger partial charge in [-0.25, -0.2) is 4.98 Å². The fourth-order valence-electron chi connectivity index (χ4n) is 1.71. The Balaban J connectivity index is 2.08. The van der Waals surface area contributed by atoms with Gasteiger partial charge in [0, 0.05) is 36.8 Å². The summed E-state index contributed by atoms with van der Waals surface area (Å²) in [5.41, 5.74) is 1.79. The molecule has 0 saturated heterocycles. The summed E-state index contributed by atoms with van der Waals surface area (Å²) in [7, 11) is 0. The van der Waals surface area contributed by atoms with Gasteiger partial charge < -0.3 is 10.3 Å². The molecule has 2 aromatic heterocycles. The van der Waals surface area contributed by atoms with Crippen molar-refractivity contribution >= 4 is 34.6 Å². The second-order valence-electron chi connectivity index (χ2n) is 3.93. The number of carbonyl (C=O) groups is 1. The number of aromatic nitrogens is 2. The largest absolute Gasteiger partial charge is 0.356 e. The van der Waals surface area contributed by atoms with Crippen molar-refractivity contribution in [2.24, 2.45) is 0 Å². The van der Waals surface area contributed by atoms with E-state index in [0.717, 1.165) is 23.0 Å². The molecule has 2 N–H and O–H groups in total. The van der Waals surface area contributed by atoms with Crippen LogP contribution >= 0.6 is 11.6 Å². The van der Waals surface area contributed by atoms with E-state index in [1.54, 1.807) is 12.3 Å². The lowest BCUT2D eigenvalue weighted by Gasteiger charge is -1.97. The third-order valence-corrected chi connectivity index (χ3v) is 2.85. The number of fused-ring (bicyclic) bond motifs is 1. The lowest BCUT2D eigenvalue weighted by molar-refractivity contribution is -0.118. The molecule has 0 aliphatic carbocycles. The van der Waals surface area contributed by atoms with Crippen molar-refractivity contribution in [2.45, 2.75) is 13.3 Å². The lowest BCUT2D eigenvalue weighted by atomic mass is 10.2. The fourth-order valence-corrected chi connectivity index (χ4v) is 1.97. The Kier molecular flexibility index (Phi) is 3.99. The highest BCUT2D eigenvalue weighted by Crippen LogP contribution is 2.25. The molecule has 2 heterocycles. The predicted molar refractivity (Wildman–Crippen MR) is 73.4 cm³/mol. The molecule has 18 heavy (non-hydrogen) atoms. The van der Waals surface area contributed by atoms with Crippen molar-refractivity contribution in [3.8, 4) is 0 Å². The first-order chi connectivity index (χ1) is 8.68. The molecule has 0 bridgehead atoms. The molecule has 4 nitrogen and oxygen atoms in total. The first-order valence-electron chi connectivity index (χ1n) is 5.71. The summed E-state index contributed by atoms with van der Waals surface area (Å²) in [4.78, 5) is 18.0. The van der Waals surface area contributed by atoms with Crippen molar-refractivity contribution in [3.05, 3.63) is 35.1 Å². The maximum atomic E-state index is 10.7. The summed E-state index contributed by atoms with van der Waals surface area (Å²) in [5, 5.41) is 4.35. The van der Waals surface area contributed by atoms with Crippen LogP contribution in [0.1, 0.15) is 18.9 Å². The summed E-state index contributed by atoms with van der Waals surface area (Å²) < 4.78 is 0. The highest BCUT2D eigenvalue weighted by molar-refractivity contribution is 6.35. The number of pyridine rings is 1. The van der Waals surface area contributed by atoms with Gasteiger partial charge in [0.25, 0.3) is 0 Å². The standard InChI is InChI=1S/C13H14ClN3O/c1-9(18)15-6-3-2-4-10-8-17-13-12(10)11(14)5-7-16-13/h2,4-5,7-8H,3,6H2,1H3,(H,15,18)(H,16,17). The number of aromatic amines is 1. The molecule has 0 radical (unpaired) electrons. The number of amides is 1. The van der Waals surface area contributed by atoms with Crippen LogP contribution in [0.4, 0.5) is 0 Å². The maximum absolute atomic E-state index is 10.7. The molecule has 2 aromatic rings. The Morgan fingerprint density at radius 2 is 2.44 bits per heavy atom. The number of rotatable bonds is 4. The molecule has 0 fully saturated rings. The summed E-state index contributed by atoms with van der Waals surface area (Å²) in [6.07, 6.45) is 8.31. The molecule has 0 unspecified atom stereocenters. The Morgan fingerprint density at radius 3 is 3.22 bits per heavy atom. The molecule has 0 aliphatic rings. The van der Waals surface area contributed by atoms with Crippen molar-refractivity contribution in [3.63, 3.8) is 0 Å². The van der Waals surface area contributed by atoms with Crippen LogP contribution in [0.5, 0.6) is 0 Å². The molecule has 0 aromatic carbocycles. The van der Waals surface area contributed by atoms with Gasteiger partial charge in [-0.15, -0.1) is 0 Å². The lowest BCUT2D eigenvalue weighted by Crippen LogP contribution is -2.20. The smallest absolute Gasteiger partial charge is 0.216 e. The molecule has 0 atom stereocenters. The second kappa shape index (κ2) is 5.69. The maximum Gasteiger partial charge on any atom is 0.216 e. The normalized spacial score (nSPS) is 11.2. The van der Waals surface area contributed by atoms with Crippen LogP contribution < -0.4 is 5.32 Å². The number of hydrogen-bond donors (Lipinski definition) is 2. The molecule has 0 aliphatic heterocycles. The molecule has 5 heteroatoms. The van der Waals surface area contributed by atoms with Crippen LogP contribution in [0.2, 0.25) is 5.02 Å². The van der Waals surface area contributed by atoms with E-state index >= 15 is 0 Å². The van der Waals surface area contributed by atoms with Gasteiger partial charge in [0.15, 0.2) is 0 Å². The number of halogens is 1. The number of nitrogens with one attached hydrogen (secondary N) is 2. The average molecular weight is 264 g/mol. The Bertz CT molecular complexity index is 589. The molecule has 1 amide bonds. The van der Waals surface area contributed by atoms with Gasteiger partial charge in [-0.3, -0.25) is 4.79 Å². The highest BCUT2D eigenvalue weighted by atomic mass is 35.5. The zero-order valence-electron chi connectivity index (χ0n) is 10.0. The molecular formula is C13H14ClN3O. The minimum atomic E-state index is -0.0114. The van der Waals surface area contributed by atoms with E-state index in [9.17, 15) is 4.79 Å². The van der Waals surface area contributed by atoms with E-state index in [4.69, 9.17) is 11.6 Å². The SMILES string of the molecule is CC(=O)NCCC=Cc1c[nH]c2nccc(Cl)c12. The summed E-state index contributed by atoms with van der Waals surface area (Å²) in [5.74, 6) is -0.0114. The molecule has 94 valence electrons. The van der Waals surface area contributed by atoms with E-state index < -0.39 is 0 Å². The summed E-state index contributed by atoms with van der Waals surface area (Å²) in [6.45, 7) is 2.15. The van der Waals surface area contributed by atoms with Gasteiger partial charge in [-0.1, -0.05) is 23.8 Å². The molecular weight excluding hydrogens is 250 g/mol. The zero-order valence-corrected chi connectivity index (χ0v) is 10.8. The minimum Gasteiger partial charge on any atom is -0.356 e. The van der Waals surface area contributed by atoms with Gasteiger partial charge in [0.1, 0.15) is 5.65 Å². The van der Waals surface area contributed by atoms with E-state index in [1.807, 2.05) is 18.3 Å². The predicted octanol–water partition coefficient (Wildman–Crippen LogP) is 2.76. The van der Waals surface area contributed by atoms with Gasteiger partial charge in [0.2, 0.25) is 5.91 Å². The zero-order chi connectivity index (χ0) is 13.0. The van der Waals surface area contributed by atoms with Crippen LogP contribution in [0.25, 0.3) is 17.1 Å². The molecule has 2 rings (SSSR count). The van der Waals surface area contributed by atoms with E-state index in [2.05, 4.69) is 15.3 Å². The Morgan fingerprint density at radius 1 is 1.61 bits per heavy atom. The van der Waals surface area contributed by atoms with Crippen molar-refractivity contribution < 1.29 is 4.79 Å². The monoisotopic (exact) mass is 263 g/mol. The van der Waals surface area contributed by atoms with Gasteiger partial charge in [0.05, 0.1) is 5.02 Å². The second-order valence-corrected chi connectivity index (χ2v) is 4.34. The molecule has 0 spiro atoms. The Labute approximate surface area is 110 Å². The topological polar surface area (TPSA) is 57.8 Å². The quantitative estimate of drug-likeness (QED) is 0.834. The average Bonchev–Trinajstić information content (AvgIpc) is 2.73. The molecule has 0 saturated carbocycles. The van der Waals surface area contributed by atoms with E-state index in [1.165, 1.54) is 6.92 Å². The van der Waals surface area contributed by atoms with Crippen molar-refractivity contribution in [1.29, 1.82) is 0 Å². The number of nitrogens with zero attached hydrogens (tertiary/aromatic N) is 1. The van der Waals surface area contributed by atoms with E-state index in [-0.39, 0.29) is 5.91 Å². The third kappa shape index (κ3) is 2.90. The van der Waals surface area contributed by atoms with Gasteiger partial charge in [-0.2, -0.15) is 0 Å². The van der Waals surface area contributed by atoms with Crippen LogP contribution in [0.3, 0.4) is 0 Å². The number of carbonyl (C=O) groups excluding carboxylic acids is 1. The minimum absolute atomic E-state index is 0.0114. The number of H-pyrrole nitrogens is 1. The number of hydrogen-bond acceptors (Lipinski definition) is 2. The van der Waals surface area contributed by atoms with Gasteiger partial charge in [-0.05, 0) is 12.5 Å². The van der Waals surface area contributed by atoms with Crippen LogP contribution in [0.15, 0.2) is 24.5 Å². The first kappa shape index (κ1) is 12.6. The van der Waals surface area contributed by atoms with Crippen LogP contribution in [-0.2, 0) is 4.79 Å². The van der Waals surface area contributed by atoms with E-state index in [0.29, 0.717) is 11.6 Å². The third-order valence-electron chi connectivity index (χ3n) is 2.54. The highest BCUT2D eigenvalue weighted by Gasteiger charge is 2.05.